The van der Waals surface area contributed by atoms with E-state index in [9.17, 15) is 9.90 Å². The molecule has 0 spiro atoms. The highest BCUT2D eigenvalue weighted by atomic mass is 16.4. The summed E-state index contributed by atoms with van der Waals surface area (Å²) >= 11 is 0. The summed E-state index contributed by atoms with van der Waals surface area (Å²) in [5.41, 5.74) is 2.93. The van der Waals surface area contributed by atoms with Crippen molar-refractivity contribution < 1.29 is 9.90 Å². The molecule has 1 N–H and O–H groups in total. The van der Waals surface area contributed by atoms with E-state index < -0.39 is 12.0 Å². The van der Waals surface area contributed by atoms with Gasteiger partial charge in [-0.25, -0.2) is 0 Å². The van der Waals surface area contributed by atoms with Gasteiger partial charge in [-0.15, -0.1) is 0 Å². The van der Waals surface area contributed by atoms with Crippen molar-refractivity contribution in [2.45, 2.75) is 24.9 Å². The lowest BCUT2D eigenvalue weighted by atomic mass is 9.97. The van der Waals surface area contributed by atoms with E-state index >= 15 is 0 Å². The van der Waals surface area contributed by atoms with Crippen molar-refractivity contribution in [1.29, 1.82) is 0 Å². The number of hydrogen-bond acceptors (Lipinski definition) is 4. The summed E-state index contributed by atoms with van der Waals surface area (Å²) in [6.07, 6.45) is 6.97. The maximum absolute atomic E-state index is 11.7. The molecule has 2 atom stereocenters. The largest absolute Gasteiger partial charge is 0.480 e. The predicted octanol–water partition coefficient (Wildman–Crippen LogP) is 3.27. The molecule has 1 saturated heterocycles. The molecule has 1 fully saturated rings. The number of benzene rings is 1. The highest BCUT2D eigenvalue weighted by Crippen LogP contribution is 2.35. The molecule has 5 nitrogen and oxygen atoms in total. The molecule has 1 aromatic carbocycles. The first-order valence-electron chi connectivity index (χ1n) is 8.47. The second-order valence-electron chi connectivity index (χ2n) is 6.38. The Balaban J connectivity index is 1.83. The van der Waals surface area contributed by atoms with Gasteiger partial charge in [0.05, 0.1) is 11.6 Å². The van der Waals surface area contributed by atoms with Crippen LogP contribution < -0.4 is 0 Å². The van der Waals surface area contributed by atoms with Crippen LogP contribution in [0.1, 0.15) is 30.0 Å². The summed E-state index contributed by atoms with van der Waals surface area (Å²) in [6.45, 7) is 0.753. The van der Waals surface area contributed by atoms with Gasteiger partial charge in [0.15, 0.2) is 0 Å². The fourth-order valence-electron chi connectivity index (χ4n) is 3.71. The van der Waals surface area contributed by atoms with E-state index in [-0.39, 0.29) is 6.04 Å². The van der Waals surface area contributed by atoms with Gasteiger partial charge in [0.25, 0.3) is 0 Å². The molecule has 3 aromatic rings. The quantitative estimate of drug-likeness (QED) is 0.794. The summed E-state index contributed by atoms with van der Waals surface area (Å²) in [7, 11) is 0. The molecule has 4 rings (SSSR count). The van der Waals surface area contributed by atoms with Crippen molar-refractivity contribution in [3.05, 3.63) is 72.2 Å². The Bertz CT molecular complexity index is 898. The van der Waals surface area contributed by atoms with Gasteiger partial charge in [0.1, 0.15) is 6.04 Å². The van der Waals surface area contributed by atoms with Gasteiger partial charge in [-0.2, -0.15) is 0 Å². The third-order valence-electron chi connectivity index (χ3n) is 4.84. The van der Waals surface area contributed by atoms with Crippen molar-refractivity contribution in [1.82, 2.24) is 14.9 Å². The number of carboxylic acids is 1. The molecular weight excluding hydrogens is 314 g/mol. The van der Waals surface area contributed by atoms with E-state index in [0.29, 0.717) is 6.42 Å². The fourth-order valence-corrected chi connectivity index (χ4v) is 3.71. The molecule has 2 unspecified atom stereocenters. The van der Waals surface area contributed by atoms with Gasteiger partial charge in [0.2, 0.25) is 0 Å². The van der Waals surface area contributed by atoms with Gasteiger partial charge < -0.3 is 5.11 Å². The molecule has 5 heteroatoms. The van der Waals surface area contributed by atoms with Crippen molar-refractivity contribution in [2.24, 2.45) is 0 Å². The van der Waals surface area contributed by atoms with Gasteiger partial charge in [0, 0.05) is 30.5 Å². The number of aromatic nitrogens is 2. The molecule has 0 saturated carbocycles. The minimum Gasteiger partial charge on any atom is -0.480 e. The number of pyridine rings is 2. The van der Waals surface area contributed by atoms with Crippen LogP contribution in [0.25, 0.3) is 10.9 Å². The molecule has 0 amide bonds. The third kappa shape index (κ3) is 2.98. The van der Waals surface area contributed by atoms with Crippen LogP contribution in [0, 0.1) is 0 Å². The topological polar surface area (TPSA) is 66.3 Å². The molecule has 0 bridgehead atoms. The Morgan fingerprint density at radius 2 is 2.04 bits per heavy atom. The SMILES string of the molecule is O=C(O)C1CCCN1C(c1cccnc1)c1cnc2ccccc2c1. The molecule has 1 aliphatic heterocycles. The highest BCUT2D eigenvalue weighted by molar-refractivity contribution is 5.79. The predicted molar refractivity (Wildman–Crippen MR) is 95.2 cm³/mol. The van der Waals surface area contributed by atoms with Crippen LogP contribution in [-0.4, -0.2) is 38.5 Å². The molecule has 0 radical (unpaired) electrons. The normalized spacial score (nSPS) is 19.1. The molecule has 0 aliphatic carbocycles. The summed E-state index contributed by atoms with van der Waals surface area (Å²) < 4.78 is 0. The second kappa shape index (κ2) is 6.61. The van der Waals surface area contributed by atoms with E-state index in [2.05, 4.69) is 20.9 Å². The van der Waals surface area contributed by atoms with Gasteiger partial charge in [-0.3, -0.25) is 19.7 Å². The summed E-state index contributed by atoms with van der Waals surface area (Å²) in [6, 6.07) is 13.3. The van der Waals surface area contributed by atoms with E-state index in [4.69, 9.17) is 0 Å². The first-order chi connectivity index (χ1) is 12.2. The van der Waals surface area contributed by atoms with Crippen LogP contribution in [0.5, 0.6) is 0 Å². The van der Waals surface area contributed by atoms with Gasteiger partial charge in [-0.05, 0) is 42.2 Å². The van der Waals surface area contributed by atoms with Crippen LogP contribution in [0.2, 0.25) is 0 Å². The smallest absolute Gasteiger partial charge is 0.320 e. The summed E-state index contributed by atoms with van der Waals surface area (Å²) in [4.78, 5) is 22.6. The van der Waals surface area contributed by atoms with Crippen LogP contribution in [-0.2, 0) is 4.79 Å². The second-order valence-corrected chi connectivity index (χ2v) is 6.38. The minimum atomic E-state index is -0.764. The Kier molecular flexibility index (Phi) is 4.15. The monoisotopic (exact) mass is 333 g/mol. The van der Waals surface area contributed by atoms with Gasteiger partial charge >= 0.3 is 5.97 Å². The van der Waals surface area contributed by atoms with E-state index in [1.165, 1.54) is 0 Å². The minimum absolute atomic E-state index is 0.158. The zero-order valence-electron chi connectivity index (χ0n) is 13.7. The number of likely N-dealkylation sites (tertiary alicyclic amines) is 1. The van der Waals surface area contributed by atoms with E-state index in [0.717, 1.165) is 35.0 Å². The standard InChI is InChI=1S/C20H19N3O2/c24-20(25)18-8-4-10-23(18)19(15-6-3-9-21-12-15)16-11-14-5-1-2-7-17(14)22-13-16/h1-3,5-7,9,11-13,18-19H,4,8,10H2,(H,24,25). The summed E-state index contributed by atoms with van der Waals surface area (Å²) in [5, 5.41) is 10.7. The van der Waals surface area contributed by atoms with Crippen LogP contribution in [0.3, 0.4) is 0 Å². The average molecular weight is 333 g/mol. The van der Waals surface area contributed by atoms with Crippen molar-refractivity contribution >= 4 is 16.9 Å². The maximum atomic E-state index is 11.7. The van der Waals surface area contributed by atoms with Crippen LogP contribution >= 0.6 is 0 Å². The maximum Gasteiger partial charge on any atom is 0.320 e. The molecule has 126 valence electrons. The lowest BCUT2D eigenvalue weighted by molar-refractivity contribution is -0.142. The van der Waals surface area contributed by atoms with E-state index in [1.54, 1.807) is 6.20 Å². The first-order valence-corrected chi connectivity index (χ1v) is 8.47. The fraction of sp³-hybridized carbons (Fsp3) is 0.250. The zero-order valence-corrected chi connectivity index (χ0v) is 13.7. The number of fused-ring (bicyclic) bond motifs is 1. The first kappa shape index (κ1) is 15.7. The molecular formula is C20H19N3O2. The Morgan fingerprint density at radius 3 is 2.84 bits per heavy atom. The van der Waals surface area contributed by atoms with Crippen molar-refractivity contribution in [3.63, 3.8) is 0 Å². The average Bonchev–Trinajstić information content (AvgIpc) is 3.12. The Hall–Kier alpha value is -2.79. The van der Waals surface area contributed by atoms with Crippen molar-refractivity contribution in [2.75, 3.05) is 6.54 Å². The summed E-state index contributed by atoms with van der Waals surface area (Å²) in [5.74, 6) is -0.764. The number of para-hydroxylation sites is 1. The zero-order chi connectivity index (χ0) is 17.2. The van der Waals surface area contributed by atoms with E-state index in [1.807, 2.05) is 48.8 Å². The number of carboxylic acid groups (broad SMARTS) is 1. The van der Waals surface area contributed by atoms with Crippen molar-refractivity contribution in [3.8, 4) is 0 Å². The number of aliphatic carboxylic acids is 1. The lowest BCUT2D eigenvalue weighted by Crippen LogP contribution is -2.39. The number of carbonyl (C=O) groups is 1. The van der Waals surface area contributed by atoms with Crippen LogP contribution in [0.15, 0.2) is 61.1 Å². The highest BCUT2D eigenvalue weighted by Gasteiger charge is 2.37. The number of nitrogens with zero attached hydrogens (tertiary/aromatic N) is 3. The Labute approximate surface area is 146 Å². The molecule has 1 aliphatic rings. The number of hydrogen-bond donors (Lipinski definition) is 1. The lowest BCUT2D eigenvalue weighted by Gasteiger charge is -2.31. The van der Waals surface area contributed by atoms with Crippen LogP contribution in [0.4, 0.5) is 0 Å². The molecule has 2 aromatic heterocycles. The van der Waals surface area contributed by atoms with Gasteiger partial charge in [-0.1, -0.05) is 24.3 Å². The molecule has 3 heterocycles. The third-order valence-corrected chi connectivity index (χ3v) is 4.84. The molecule has 25 heavy (non-hydrogen) atoms. The number of rotatable bonds is 4. The Morgan fingerprint density at radius 1 is 1.16 bits per heavy atom.